The van der Waals surface area contributed by atoms with Crippen molar-refractivity contribution in [3.05, 3.63) is 52.5 Å². The van der Waals surface area contributed by atoms with Crippen molar-refractivity contribution in [2.45, 2.75) is 13.2 Å². The van der Waals surface area contributed by atoms with Crippen molar-refractivity contribution >= 4 is 17.4 Å². The van der Waals surface area contributed by atoms with Crippen LogP contribution in [0.3, 0.4) is 0 Å². The number of benzene rings is 1. The van der Waals surface area contributed by atoms with Crippen LogP contribution in [0.2, 0.25) is 0 Å². The highest BCUT2D eigenvalue weighted by Crippen LogP contribution is 2.30. The minimum Gasteiger partial charge on any atom is -0.467 e. The molecule has 2 rings (SSSR count). The second-order valence-electron chi connectivity index (χ2n) is 4.20. The second kappa shape index (κ2) is 7.20. The molecule has 2 N–H and O–H groups in total. The molecular formula is C13H11F2N3O5. The van der Waals surface area contributed by atoms with Gasteiger partial charge in [-0.25, -0.2) is 4.79 Å². The molecule has 0 unspecified atom stereocenters. The Bertz CT molecular complexity index is 691. The molecule has 0 saturated heterocycles. The Morgan fingerprint density at radius 3 is 2.78 bits per heavy atom. The second-order valence-corrected chi connectivity index (χ2v) is 4.20. The van der Waals surface area contributed by atoms with Crippen molar-refractivity contribution in [2.75, 3.05) is 5.32 Å². The highest BCUT2D eigenvalue weighted by Gasteiger charge is 2.16. The van der Waals surface area contributed by atoms with Gasteiger partial charge in [0.25, 0.3) is 5.69 Å². The molecule has 0 spiro atoms. The number of amides is 2. The Kier molecular flexibility index (Phi) is 5.07. The molecular weight excluding hydrogens is 316 g/mol. The molecule has 8 nitrogen and oxygen atoms in total. The largest absolute Gasteiger partial charge is 0.467 e. The molecule has 0 aliphatic heterocycles. The zero-order chi connectivity index (χ0) is 16.8. The van der Waals surface area contributed by atoms with Crippen LogP contribution in [-0.4, -0.2) is 17.6 Å². The number of hydrogen-bond donors (Lipinski definition) is 2. The topological polar surface area (TPSA) is 107 Å². The summed E-state index contributed by atoms with van der Waals surface area (Å²) in [6.45, 7) is -3.08. The van der Waals surface area contributed by atoms with Crippen molar-refractivity contribution in [3.63, 3.8) is 0 Å². The van der Waals surface area contributed by atoms with Crippen LogP contribution in [0.15, 0.2) is 41.0 Å². The molecule has 0 bridgehead atoms. The van der Waals surface area contributed by atoms with Gasteiger partial charge in [0.1, 0.15) is 11.5 Å². The number of rotatable bonds is 6. The smallest absolute Gasteiger partial charge is 0.387 e. The van der Waals surface area contributed by atoms with Crippen LogP contribution in [0.25, 0.3) is 0 Å². The third-order valence-electron chi connectivity index (χ3n) is 2.64. The van der Waals surface area contributed by atoms with E-state index in [0.717, 1.165) is 18.2 Å². The van der Waals surface area contributed by atoms with Gasteiger partial charge in [-0.3, -0.25) is 10.1 Å². The van der Waals surface area contributed by atoms with Gasteiger partial charge in [-0.05, 0) is 18.2 Å². The number of carbonyl (C=O) groups is 1. The van der Waals surface area contributed by atoms with Gasteiger partial charge in [0, 0.05) is 12.1 Å². The van der Waals surface area contributed by atoms with Crippen LogP contribution in [0.1, 0.15) is 5.76 Å². The number of anilines is 1. The lowest BCUT2D eigenvalue weighted by molar-refractivity contribution is -0.384. The summed E-state index contributed by atoms with van der Waals surface area (Å²) in [5, 5.41) is 15.4. The summed E-state index contributed by atoms with van der Waals surface area (Å²) in [4.78, 5) is 21.8. The van der Waals surface area contributed by atoms with Gasteiger partial charge in [-0.2, -0.15) is 8.78 Å². The Labute approximate surface area is 128 Å². The molecule has 1 aromatic carbocycles. The average Bonchev–Trinajstić information content (AvgIpc) is 2.99. The van der Waals surface area contributed by atoms with E-state index in [0.29, 0.717) is 5.76 Å². The molecule has 0 fully saturated rings. The summed E-state index contributed by atoms with van der Waals surface area (Å²) in [5.74, 6) is 0.0852. The molecule has 122 valence electrons. The summed E-state index contributed by atoms with van der Waals surface area (Å²) in [7, 11) is 0. The maximum atomic E-state index is 12.3. The Balaban J connectivity index is 2.10. The normalized spacial score (nSPS) is 10.4. The number of alkyl halides is 2. The van der Waals surface area contributed by atoms with Crippen molar-refractivity contribution in [2.24, 2.45) is 0 Å². The first-order chi connectivity index (χ1) is 11.0. The van der Waals surface area contributed by atoms with Gasteiger partial charge in [-0.1, -0.05) is 0 Å². The molecule has 0 saturated carbocycles. The van der Waals surface area contributed by atoms with E-state index in [-0.39, 0.29) is 17.9 Å². The quantitative estimate of drug-likeness (QED) is 0.626. The molecule has 1 heterocycles. The van der Waals surface area contributed by atoms with Crippen LogP contribution in [0.5, 0.6) is 5.75 Å². The minimum absolute atomic E-state index is 0.0544. The Hall–Kier alpha value is -3.17. The van der Waals surface area contributed by atoms with E-state index in [1.165, 1.54) is 6.26 Å². The fourth-order valence-electron chi connectivity index (χ4n) is 1.68. The first-order valence-corrected chi connectivity index (χ1v) is 6.26. The van der Waals surface area contributed by atoms with E-state index >= 15 is 0 Å². The van der Waals surface area contributed by atoms with Crippen molar-refractivity contribution < 1.29 is 27.7 Å². The number of urea groups is 1. The van der Waals surface area contributed by atoms with Crippen LogP contribution in [-0.2, 0) is 6.54 Å². The molecule has 0 aliphatic carbocycles. The monoisotopic (exact) mass is 327 g/mol. The highest BCUT2D eigenvalue weighted by molar-refractivity contribution is 5.91. The molecule has 0 aliphatic rings. The highest BCUT2D eigenvalue weighted by atomic mass is 19.3. The Morgan fingerprint density at radius 1 is 1.39 bits per heavy atom. The standard InChI is InChI=1S/C13H11F2N3O5/c14-12(15)23-11-4-3-8(18(20)21)6-10(11)17-13(19)16-7-9-2-1-5-22-9/h1-6,12H,7H2,(H2,16,17,19). The molecule has 23 heavy (non-hydrogen) atoms. The number of hydrogen-bond acceptors (Lipinski definition) is 5. The van der Waals surface area contributed by atoms with E-state index in [1.54, 1.807) is 12.1 Å². The number of nitrogens with zero attached hydrogens (tertiary/aromatic N) is 1. The van der Waals surface area contributed by atoms with Crippen molar-refractivity contribution in [1.82, 2.24) is 5.32 Å². The lowest BCUT2D eigenvalue weighted by atomic mass is 10.2. The molecule has 10 heteroatoms. The maximum absolute atomic E-state index is 12.3. The van der Waals surface area contributed by atoms with E-state index in [2.05, 4.69) is 15.4 Å². The van der Waals surface area contributed by atoms with Gasteiger partial charge < -0.3 is 19.8 Å². The van der Waals surface area contributed by atoms with E-state index in [1.807, 2.05) is 0 Å². The van der Waals surface area contributed by atoms with Gasteiger partial charge >= 0.3 is 12.6 Å². The molecule has 0 atom stereocenters. The summed E-state index contributed by atoms with van der Waals surface area (Å²) in [6.07, 6.45) is 1.42. The number of carbonyl (C=O) groups excluding carboxylic acids is 1. The number of nitro groups is 1. The third-order valence-corrected chi connectivity index (χ3v) is 2.64. The number of nitro benzene ring substituents is 1. The molecule has 1 aromatic heterocycles. The molecule has 0 radical (unpaired) electrons. The van der Waals surface area contributed by atoms with Gasteiger partial charge in [0.2, 0.25) is 0 Å². The van der Waals surface area contributed by atoms with E-state index < -0.39 is 23.3 Å². The van der Waals surface area contributed by atoms with Crippen molar-refractivity contribution in [1.29, 1.82) is 0 Å². The fourth-order valence-corrected chi connectivity index (χ4v) is 1.68. The van der Waals surface area contributed by atoms with E-state index in [4.69, 9.17) is 4.42 Å². The first kappa shape index (κ1) is 16.2. The summed E-state index contributed by atoms with van der Waals surface area (Å²) in [5.41, 5.74) is -0.635. The van der Waals surface area contributed by atoms with Crippen LogP contribution in [0.4, 0.5) is 25.0 Å². The van der Waals surface area contributed by atoms with E-state index in [9.17, 15) is 23.7 Å². The summed E-state index contributed by atoms with van der Waals surface area (Å²) in [6, 6.07) is 5.38. The van der Waals surface area contributed by atoms with Crippen LogP contribution < -0.4 is 15.4 Å². The number of halogens is 2. The third kappa shape index (κ3) is 4.66. The summed E-state index contributed by atoms with van der Waals surface area (Å²) < 4.78 is 33.9. The van der Waals surface area contributed by atoms with Gasteiger partial charge in [-0.15, -0.1) is 0 Å². The van der Waals surface area contributed by atoms with Gasteiger partial charge in [0.05, 0.1) is 23.4 Å². The van der Waals surface area contributed by atoms with Crippen molar-refractivity contribution in [3.8, 4) is 5.75 Å². The van der Waals surface area contributed by atoms with Crippen LogP contribution >= 0.6 is 0 Å². The maximum Gasteiger partial charge on any atom is 0.387 e. The zero-order valence-electron chi connectivity index (χ0n) is 11.5. The van der Waals surface area contributed by atoms with Gasteiger partial charge in [0.15, 0.2) is 0 Å². The van der Waals surface area contributed by atoms with Crippen LogP contribution in [0, 0.1) is 10.1 Å². The average molecular weight is 327 g/mol. The Morgan fingerprint density at radius 2 is 2.17 bits per heavy atom. The zero-order valence-corrected chi connectivity index (χ0v) is 11.5. The fraction of sp³-hybridized carbons (Fsp3) is 0.154. The molecule has 2 aromatic rings. The summed E-state index contributed by atoms with van der Waals surface area (Å²) >= 11 is 0. The lowest BCUT2D eigenvalue weighted by Crippen LogP contribution is -2.28. The number of nitrogens with one attached hydrogen (secondary N) is 2. The lowest BCUT2D eigenvalue weighted by Gasteiger charge is -2.12. The SMILES string of the molecule is O=C(NCc1ccco1)Nc1cc([N+](=O)[O-])ccc1OC(F)F. The number of non-ortho nitro benzene ring substituents is 1. The predicted molar refractivity (Wildman–Crippen MR) is 74.3 cm³/mol. The first-order valence-electron chi connectivity index (χ1n) is 6.26. The minimum atomic E-state index is -3.14. The number of furan rings is 1. The number of ether oxygens (including phenoxy) is 1. The molecule has 2 amide bonds. The predicted octanol–water partition coefficient (Wildman–Crippen LogP) is 3.11.